The molecule has 6 nitrogen and oxygen atoms in total. The maximum Gasteiger partial charge on any atom is 1.00 e. The first kappa shape index (κ1) is 23.5. The number of hydrogen-bond donors (Lipinski definition) is 1. The average molecular weight is 384 g/mol. The van der Waals surface area contributed by atoms with Crippen LogP contribution in [0.25, 0.3) is 0 Å². The Balaban J connectivity index is 0. The van der Waals surface area contributed by atoms with Crippen molar-refractivity contribution in [2.75, 3.05) is 0 Å². The zero-order valence-corrected chi connectivity index (χ0v) is 13.0. The van der Waals surface area contributed by atoms with Gasteiger partial charge in [-0.05, 0) is 0 Å². The molecule has 122 valence electrons. The van der Waals surface area contributed by atoms with Crippen molar-refractivity contribution < 1.29 is 90.6 Å². The number of alkyl halides is 8. The van der Waals surface area contributed by atoms with Crippen LogP contribution in [0.1, 0.15) is 0 Å². The van der Waals surface area contributed by atoms with Gasteiger partial charge in [-0.15, -0.1) is 0 Å². The zero-order valence-electron chi connectivity index (χ0n) is 9.33. The van der Waals surface area contributed by atoms with Crippen molar-refractivity contribution in [1.29, 1.82) is 0 Å². The second-order valence-corrected chi connectivity index (χ2v) is 6.35. The summed E-state index contributed by atoms with van der Waals surface area (Å²) in [5.74, 6) is -15.3. The summed E-state index contributed by atoms with van der Waals surface area (Å²) in [7, 11) is -15.2. The van der Waals surface area contributed by atoms with E-state index in [-0.39, 0.29) is 29.6 Å². The summed E-state index contributed by atoms with van der Waals surface area (Å²) in [6, 6.07) is 0. The second kappa shape index (κ2) is 5.72. The largest absolute Gasteiger partial charge is 1.00 e. The van der Waals surface area contributed by atoms with Crippen LogP contribution in [0.5, 0.6) is 0 Å². The molecule has 0 bridgehead atoms. The molecule has 0 aromatic carbocycles. The fourth-order valence-corrected chi connectivity index (χ4v) is 2.74. The molecule has 0 spiro atoms. The first-order valence-corrected chi connectivity index (χ1v) is 6.53. The molecule has 0 radical (unpaired) electrons. The van der Waals surface area contributed by atoms with Gasteiger partial charge in [-0.1, -0.05) is 0 Å². The van der Waals surface area contributed by atoms with E-state index >= 15 is 0 Å². The maximum absolute atomic E-state index is 13.1. The molecule has 1 unspecified atom stereocenters. The van der Waals surface area contributed by atoms with Crippen LogP contribution in [0.2, 0.25) is 0 Å². The molecule has 0 rings (SSSR count). The molecule has 17 heteroatoms. The van der Waals surface area contributed by atoms with Crippen molar-refractivity contribution in [1.82, 2.24) is 0 Å². The number of halogens is 8. The molecule has 21 heavy (non-hydrogen) atoms. The second-order valence-electron chi connectivity index (χ2n) is 3.11. The first-order chi connectivity index (χ1) is 8.25. The predicted molar refractivity (Wildman–Crippen MR) is 41.0 cm³/mol. The molecular formula is C4HF8NaO6S2. The molecule has 0 aliphatic rings. The standard InChI is InChI=1S/C4H2F8O6S2.Na/c5-1(6,3(9,10)11)2(7,8)4(12,19(13,14)15)20(16,17)18;/h(H,13,14,15)(H,16,17,18);/q;+1/p-1. The van der Waals surface area contributed by atoms with Gasteiger partial charge in [0.1, 0.15) is 0 Å². The zero-order chi connectivity index (χ0) is 17.0. The van der Waals surface area contributed by atoms with Crippen molar-refractivity contribution in [3.63, 3.8) is 0 Å². The predicted octanol–water partition coefficient (Wildman–Crippen LogP) is -2.12. The summed E-state index contributed by atoms with van der Waals surface area (Å²) in [6.45, 7) is 0. The van der Waals surface area contributed by atoms with E-state index in [1.54, 1.807) is 0 Å². The Kier molecular flexibility index (Phi) is 6.40. The smallest absolute Gasteiger partial charge is 0.744 e. The van der Waals surface area contributed by atoms with Gasteiger partial charge in [0, 0.05) is 0 Å². The normalized spacial score (nSPS) is 17.8. The summed E-state index contributed by atoms with van der Waals surface area (Å²) in [4.78, 5) is 0. The molecule has 0 aliphatic heterocycles. The third-order valence-corrected chi connectivity index (χ3v) is 4.84. The van der Waals surface area contributed by atoms with Crippen molar-refractivity contribution in [3.05, 3.63) is 0 Å². The minimum Gasteiger partial charge on any atom is -0.744 e. The van der Waals surface area contributed by atoms with E-state index in [0.29, 0.717) is 0 Å². The molecular weight excluding hydrogens is 383 g/mol. The Morgan fingerprint density at radius 2 is 1.05 bits per heavy atom. The van der Waals surface area contributed by atoms with E-state index in [2.05, 4.69) is 0 Å². The van der Waals surface area contributed by atoms with Gasteiger partial charge in [0.25, 0.3) is 0 Å². The fourth-order valence-electron chi connectivity index (χ4n) is 0.813. The van der Waals surface area contributed by atoms with Gasteiger partial charge in [-0.3, -0.25) is 4.55 Å². The van der Waals surface area contributed by atoms with Crippen LogP contribution in [0, 0.1) is 0 Å². The van der Waals surface area contributed by atoms with Gasteiger partial charge in [0.05, 0.1) is 0 Å². The Morgan fingerprint density at radius 3 is 1.19 bits per heavy atom. The van der Waals surface area contributed by atoms with Crippen molar-refractivity contribution in [2.24, 2.45) is 0 Å². The van der Waals surface area contributed by atoms with Crippen molar-refractivity contribution in [3.8, 4) is 0 Å². The Morgan fingerprint density at radius 1 is 0.762 bits per heavy atom. The fraction of sp³-hybridized carbons (Fsp3) is 1.00. The van der Waals surface area contributed by atoms with E-state index < -0.39 is 42.6 Å². The summed E-state index contributed by atoms with van der Waals surface area (Å²) < 4.78 is 150. The minimum absolute atomic E-state index is 0. The topological polar surface area (TPSA) is 112 Å². The Bertz CT molecular complexity index is 561. The third kappa shape index (κ3) is 3.30. The Labute approximate surface area is 133 Å². The van der Waals surface area contributed by atoms with E-state index in [4.69, 9.17) is 4.55 Å². The minimum atomic E-state index is -7.71. The molecule has 1 atom stereocenters. The average Bonchev–Trinajstić information content (AvgIpc) is 2.10. The van der Waals surface area contributed by atoms with Gasteiger partial charge >= 0.3 is 62.0 Å². The monoisotopic (exact) mass is 384 g/mol. The van der Waals surface area contributed by atoms with Gasteiger partial charge in [0.2, 0.25) is 0 Å². The first-order valence-electron chi connectivity index (χ1n) is 3.69. The molecule has 0 heterocycles. The van der Waals surface area contributed by atoms with Gasteiger partial charge < -0.3 is 4.55 Å². The molecule has 1 N–H and O–H groups in total. The summed E-state index contributed by atoms with van der Waals surface area (Å²) in [5.41, 5.74) is 0. The molecule has 0 saturated heterocycles. The van der Waals surface area contributed by atoms with E-state index in [0.717, 1.165) is 0 Å². The number of hydrogen-bond acceptors (Lipinski definition) is 5. The van der Waals surface area contributed by atoms with E-state index in [1.807, 2.05) is 0 Å². The van der Waals surface area contributed by atoms with Crippen LogP contribution in [0.4, 0.5) is 35.1 Å². The summed E-state index contributed by atoms with van der Waals surface area (Å²) >= 11 is 0. The van der Waals surface area contributed by atoms with Gasteiger partial charge in [-0.25, -0.2) is 8.42 Å². The van der Waals surface area contributed by atoms with E-state index in [1.165, 1.54) is 0 Å². The van der Waals surface area contributed by atoms with Crippen LogP contribution in [-0.4, -0.2) is 48.3 Å². The van der Waals surface area contributed by atoms with Gasteiger partial charge in [-0.2, -0.15) is 43.5 Å². The van der Waals surface area contributed by atoms with Gasteiger partial charge in [0.15, 0.2) is 10.1 Å². The summed E-state index contributed by atoms with van der Waals surface area (Å²) in [6.07, 6.45) is -7.33. The van der Waals surface area contributed by atoms with Crippen molar-refractivity contribution in [2.45, 2.75) is 22.4 Å². The molecule has 0 aromatic heterocycles. The molecule has 0 aliphatic carbocycles. The van der Waals surface area contributed by atoms with Crippen LogP contribution in [-0.2, 0) is 20.2 Å². The third-order valence-electron chi connectivity index (χ3n) is 1.78. The van der Waals surface area contributed by atoms with Crippen molar-refractivity contribution >= 4 is 20.2 Å². The molecule has 0 fully saturated rings. The van der Waals surface area contributed by atoms with Crippen LogP contribution in [0.3, 0.4) is 0 Å². The quantitative estimate of drug-likeness (QED) is 0.337. The van der Waals surface area contributed by atoms with Crippen LogP contribution in [0.15, 0.2) is 0 Å². The van der Waals surface area contributed by atoms with E-state index in [9.17, 15) is 56.5 Å². The van der Waals surface area contributed by atoms with Crippen LogP contribution >= 0.6 is 0 Å². The SMILES string of the molecule is O=S(=O)([O-])C(F)(C(F)(F)C(F)(F)C(F)(F)F)S(=O)(=O)O.[Na+]. The summed E-state index contributed by atoms with van der Waals surface area (Å²) in [5, 5.41) is 0. The molecule has 0 aromatic rings. The Hall–Kier alpha value is 0.260. The number of rotatable bonds is 4. The molecule has 0 saturated carbocycles. The van der Waals surface area contributed by atoms with Crippen LogP contribution < -0.4 is 29.6 Å². The molecule has 0 amide bonds. The maximum atomic E-state index is 13.1.